The molecule has 0 aliphatic carbocycles. The lowest BCUT2D eigenvalue weighted by Gasteiger charge is -2.14. The van der Waals surface area contributed by atoms with Crippen LogP contribution in [0.3, 0.4) is 0 Å². The molecule has 4 aromatic rings. The van der Waals surface area contributed by atoms with E-state index in [1.54, 1.807) is 37.4 Å². The Morgan fingerprint density at radius 3 is 2.68 bits per heavy atom. The average Bonchev–Trinajstić information content (AvgIpc) is 3.24. The van der Waals surface area contributed by atoms with Crippen LogP contribution in [0.25, 0.3) is 22.6 Å². The zero-order valence-electron chi connectivity index (χ0n) is 18.6. The second-order valence-electron chi connectivity index (χ2n) is 7.85. The number of carbonyl (C=O) groups is 1. The molecule has 2 N–H and O–H groups in total. The molecule has 9 heteroatoms. The Morgan fingerprint density at radius 1 is 1.15 bits per heavy atom. The van der Waals surface area contributed by atoms with Gasteiger partial charge >= 0.3 is 0 Å². The molecule has 0 fully saturated rings. The molecular formula is C25H21BrClN3O3S. The third-order valence-corrected chi connectivity index (χ3v) is 6.20. The lowest BCUT2D eigenvalue weighted by Crippen LogP contribution is -2.34. The highest BCUT2D eigenvalue weighted by molar-refractivity contribution is 9.10. The number of methoxy groups -OCH3 is 1. The van der Waals surface area contributed by atoms with Crippen molar-refractivity contribution in [1.82, 2.24) is 10.3 Å². The van der Waals surface area contributed by atoms with Crippen LogP contribution >= 0.6 is 39.7 Å². The van der Waals surface area contributed by atoms with Crippen molar-refractivity contribution in [2.45, 2.75) is 19.8 Å². The van der Waals surface area contributed by atoms with Crippen LogP contribution in [0.2, 0.25) is 5.02 Å². The summed E-state index contributed by atoms with van der Waals surface area (Å²) < 4.78 is 12.1. The van der Waals surface area contributed by atoms with Gasteiger partial charge in [-0.1, -0.05) is 47.4 Å². The number of hydrogen-bond donors (Lipinski definition) is 2. The average molecular weight is 559 g/mol. The summed E-state index contributed by atoms with van der Waals surface area (Å²) in [5.74, 6) is 0.972. The number of oxazole rings is 1. The van der Waals surface area contributed by atoms with E-state index >= 15 is 0 Å². The highest BCUT2D eigenvalue weighted by Gasteiger charge is 2.16. The molecule has 3 aromatic carbocycles. The minimum Gasteiger partial charge on any atom is -0.495 e. The number of hydrogen-bond acceptors (Lipinski definition) is 5. The second-order valence-corrected chi connectivity index (χ2v) is 9.58. The van der Waals surface area contributed by atoms with E-state index in [4.69, 9.17) is 33.0 Å². The van der Waals surface area contributed by atoms with E-state index in [1.807, 2.05) is 24.3 Å². The van der Waals surface area contributed by atoms with Crippen LogP contribution < -0.4 is 15.4 Å². The summed E-state index contributed by atoms with van der Waals surface area (Å²) in [5, 5.41) is 6.07. The molecule has 34 heavy (non-hydrogen) atoms. The van der Waals surface area contributed by atoms with Gasteiger partial charge in [0.15, 0.2) is 10.7 Å². The fraction of sp³-hybridized carbons (Fsp3) is 0.160. The number of nitrogens with zero attached hydrogens (tertiary/aromatic N) is 1. The van der Waals surface area contributed by atoms with Gasteiger partial charge in [0, 0.05) is 10.0 Å². The van der Waals surface area contributed by atoms with Crippen molar-refractivity contribution in [3.05, 3.63) is 75.2 Å². The SMILES string of the molecule is COc1ccc(-c2nc3cc(C(C)C)ccc3o2)cc1NC(=S)NC(=O)c1cc(Br)ccc1Cl. The maximum absolute atomic E-state index is 12.6. The summed E-state index contributed by atoms with van der Waals surface area (Å²) in [6, 6.07) is 16.5. The minimum atomic E-state index is -0.432. The molecule has 1 amide bonds. The summed E-state index contributed by atoms with van der Waals surface area (Å²) in [5.41, 5.74) is 4.27. The Labute approximate surface area is 215 Å². The van der Waals surface area contributed by atoms with E-state index in [1.165, 1.54) is 5.56 Å². The van der Waals surface area contributed by atoms with Crippen molar-refractivity contribution >= 4 is 67.6 Å². The molecule has 4 rings (SSSR count). The quantitative estimate of drug-likeness (QED) is 0.253. The largest absolute Gasteiger partial charge is 0.495 e. The summed E-state index contributed by atoms with van der Waals surface area (Å²) in [6.45, 7) is 4.27. The molecule has 0 atom stereocenters. The molecule has 0 bridgehead atoms. The van der Waals surface area contributed by atoms with Gasteiger partial charge in [0.05, 0.1) is 23.4 Å². The van der Waals surface area contributed by atoms with Gasteiger partial charge in [-0.25, -0.2) is 4.98 Å². The predicted octanol–water partition coefficient (Wildman–Crippen LogP) is 7.17. The molecule has 0 radical (unpaired) electrons. The Bertz CT molecular complexity index is 1400. The zero-order chi connectivity index (χ0) is 24.4. The van der Waals surface area contributed by atoms with Crippen molar-refractivity contribution in [2.75, 3.05) is 12.4 Å². The first kappa shape index (κ1) is 24.2. The van der Waals surface area contributed by atoms with Crippen molar-refractivity contribution in [1.29, 1.82) is 0 Å². The van der Waals surface area contributed by atoms with Crippen LogP contribution in [-0.2, 0) is 0 Å². The fourth-order valence-electron chi connectivity index (χ4n) is 3.36. The molecule has 0 saturated heterocycles. The van der Waals surface area contributed by atoms with Gasteiger partial charge < -0.3 is 14.5 Å². The third-order valence-electron chi connectivity index (χ3n) is 5.17. The fourth-order valence-corrected chi connectivity index (χ4v) is 4.13. The maximum atomic E-state index is 12.6. The number of anilines is 1. The minimum absolute atomic E-state index is 0.0932. The van der Waals surface area contributed by atoms with Gasteiger partial charge in [-0.3, -0.25) is 10.1 Å². The monoisotopic (exact) mass is 557 g/mol. The molecule has 0 aliphatic heterocycles. The Morgan fingerprint density at radius 2 is 1.94 bits per heavy atom. The standard InChI is InChI=1S/C25H21BrClN3O3S/c1-13(2)14-4-9-22-20(10-14)28-24(33-22)15-5-8-21(32-3)19(11-15)29-25(34)30-23(31)17-12-16(26)6-7-18(17)27/h4-13H,1-3H3,(H2,29,30,31,34). The van der Waals surface area contributed by atoms with E-state index in [2.05, 4.69) is 45.4 Å². The van der Waals surface area contributed by atoms with E-state index in [0.717, 1.165) is 15.6 Å². The first-order valence-electron chi connectivity index (χ1n) is 10.4. The number of benzene rings is 3. The Balaban J connectivity index is 1.58. The molecule has 0 spiro atoms. The van der Waals surface area contributed by atoms with E-state index < -0.39 is 5.91 Å². The number of halogens is 2. The predicted molar refractivity (Wildman–Crippen MR) is 143 cm³/mol. The number of carbonyl (C=O) groups excluding carboxylic acids is 1. The van der Waals surface area contributed by atoms with Crippen LogP contribution in [0.4, 0.5) is 5.69 Å². The zero-order valence-corrected chi connectivity index (χ0v) is 21.8. The summed E-state index contributed by atoms with van der Waals surface area (Å²) >= 11 is 14.8. The summed E-state index contributed by atoms with van der Waals surface area (Å²) in [4.78, 5) is 17.3. The van der Waals surface area contributed by atoms with Crippen LogP contribution in [-0.4, -0.2) is 23.1 Å². The van der Waals surface area contributed by atoms with Crippen molar-refractivity contribution < 1.29 is 13.9 Å². The number of thiocarbonyl (C=S) groups is 1. The first-order valence-corrected chi connectivity index (χ1v) is 12.0. The number of rotatable bonds is 5. The van der Waals surface area contributed by atoms with E-state index in [0.29, 0.717) is 39.4 Å². The smallest absolute Gasteiger partial charge is 0.258 e. The molecular weight excluding hydrogens is 538 g/mol. The van der Waals surface area contributed by atoms with Crippen molar-refractivity contribution in [2.24, 2.45) is 0 Å². The lowest BCUT2D eigenvalue weighted by atomic mass is 10.0. The summed E-state index contributed by atoms with van der Waals surface area (Å²) in [7, 11) is 1.55. The molecule has 1 aromatic heterocycles. The van der Waals surface area contributed by atoms with Crippen LogP contribution in [0.1, 0.15) is 35.7 Å². The van der Waals surface area contributed by atoms with Gasteiger partial charge in [-0.15, -0.1) is 0 Å². The molecule has 0 unspecified atom stereocenters. The van der Waals surface area contributed by atoms with Gasteiger partial charge in [0.1, 0.15) is 11.3 Å². The maximum Gasteiger partial charge on any atom is 0.258 e. The summed E-state index contributed by atoms with van der Waals surface area (Å²) in [6.07, 6.45) is 0. The number of nitrogens with one attached hydrogen (secondary N) is 2. The van der Waals surface area contributed by atoms with E-state index in [-0.39, 0.29) is 5.11 Å². The lowest BCUT2D eigenvalue weighted by molar-refractivity contribution is 0.0978. The molecule has 1 heterocycles. The van der Waals surface area contributed by atoms with Gasteiger partial charge in [-0.2, -0.15) is 0 Å². The van der Waals surface area contributed by atoms with Crippen LogP contribution in [0.15, 0.2) is 63.5 Å². The van der Waals surface area contributed by atoms with Crippen molar-refractivity contribution in [3.8, 4) is 17.2 Å². The molecule has 174 valence electrons. The van der Waals surface area contributed by atoms with Crippen LogP contribution in [0, 0.1) is 0 Å². The first-order chi connectivity index (χ1) is 16.2. The number of fused-ring (bicyclic) bond motifs is 1. The van der Waals surface area contributed by atoms with Crippen LogP contribution in [0.5, 0.6) is 5.75 Å². The Hall–Kier alpha value is -2.94. The topological polar surface area (TPSA) is 76.4 Å². The number of amides is 1. The molecule has 6 nitrogen and oxygen atoms in total. The van der Waals surface area contributed by atoms with Gasteiger partial charge in [0.25, 0.3) is 5.91 Å². The highest BCUT2D eigenvalue weighted by atomic mass is 79.9. The second kappa shape index (κ2) is 10.1. The van der Waals surface area contributed by atoms with Gasteiger partial charge in [0.2, 0.25) is 5.89 Å². The number of aromatic nitrogens is 1. The highest BCUT2D eigenvalue weighted by Crippen LogP contribution is 2.32. The number of ether oxygens (including phenoxy) is 1. The van der Waals surface area contributed by atoms with Gasteiger partial charge in [-0.05, 0) is 72.2 Å². The van der Waals surface area contributed by atoms with Crippen molar-refractivity contribution in [3.63, 3.8) is 0 Å². The molecule has 0 saturated carbocycles. The van der Waals surface area contributed by atoms with E-state index in [9.17, 15) is 4.79 Å². The molecule has 0 aliphatic rings. The Kier molecular flexibility index (Phi) is 7.21. The normalized spacial score (nSPS) is 11.0. The third kappa shape index (κ3) is 5.24.